The van der Waals surface area contributed by atoms with E-state index in [4.69, 9.17) is 10.1 Å². The van der Waals surface area contributed by atoms with Crippen molar-refractivity contribution in [2.45, 2.75) is 37.8 Å². The number of carbonyl (C=O) groups excluding carboxylic acids is 1. The highest BCUT2D eigenvalue weighted by atomic mass is 16.5. The standard InChI is InChI=1S/C25H29N7O3/c1-25(34)13-17-11-20(30-24(33)19(14-26)23-28-5-2-6-29-23)21(12-22(17)35-15-25)31-8-3-18(4-9-31)32-10-7-27-16-32/h2,5-7,10-12,14,16,18,26,28,34H,3-4,8-9,13,15H2,1H3,(H,30,33)/b23-19-,26-14?/t25-/m0/s1. The third-order valence-electron chi connectivity index (χ3n) is 6.54. The fourth-order valence-electron chi connectivity index (χ4n) is 4.74. The second kappa shape index (κ2) is 9.38. The highest BCUT2D eigenvalue weighted by molar-refractivity contribution is 6.18. The van der Waals surface area contributed by atoms with Gasteiger partial charge in [-0.25, -0.2) is 9.98 Å². The number of nitrogens with one attached hydrogen (secondary N) is 3. The summed E-state index contributed by atoms with van der Waals surface area (Å²) in [5.41, 5.74) is 1.45. The van der Waals surface area contributed by atoms with Crippen LogP contribution in [0.3, 0.4) is 0 Å². The summed E-state index contributed by atoms with van der Waals surface area (Å²) in [6, 6.07) is 4.21. The lowest BCUT2D eigenvalue weighted by atomic mass is 9.93. The Labute approximate surface area is 203 Å². The number of aliphatic hydroxyl groups is 1. The molecule has 0 bridgehead atoms. The quantitative estimate of drug-likeness (QED) is 0.388. The first-order chi connectivity index (χ1) is 16.9. The molecule has 3 aliphatic rings. The number of hydrogen-bond donors (Lipinski definition) is 4. The number of benzene rings is 1. The van der Waals surface area contributed by atoms with Crippen LogP contribution in [0.1, 0.15) is 31.4 Å². The second-order valence-electron chi connectivity index (χ2n) is 9.31. The van der Waals surface area contributed by atoms with Crippen LogP contribution in [0, 0.1) is 5.41 Å². The molecule has 0 spiro atoms. The summed E-state index contributed by atoms with van der Waals surface area (Å²) >= 11 is 0. The van der Waals surface area contributed by atoms with E-state index >= 15 is 0 Å². The monoisotopic (exact) mass is 475 g/mol. The maximum atomic E-state index is 13.2. The first-order valence-electron chi connectivity index (χ1n) is 11.7. The highest BCUT2D eigenvalue weighted by Crippen LogP contribution is 2.40. The lowest BCUT2D eigenvalue weighted by Gasteiger charge is -2.37. The topological polar surface area (TPSA) is 128 Å². The molecular weight excluding hydrogens is 446 g/mol. The number of ether oxygens (including phenoxy) is 1. The molecule has 1 aromatic carbocycles. The Morgan fingerprint density at radius 3 is 2.89 bits per heavy atom. The SMILES string of the molecule is C[C@@]1(O)COc2cc(N3CCC(n4ccnc4)CC3)c(NC(=O)/C(C=N)=C3\N=CC=CN3)cc2C1. The minimum atomic E-state index is -0.978. The summed E-state index contributed by atoms with van der Waals surface area (Å²) in [6.07, 6.45) is 13.9. The fourth-order valence-corrected chi connectivity index (χ4v) is 4.74. The average molecular weight is 476 g/mol. The van der Waals surface area contributed by atoms with Crippen molar-refractivity contribution in [1.82, 2.24) is 14.9 Å². The van der Waals surface area contributed by atoms with Gasteiger partial charge < -0.3 is 35.4 Å². The molecular formula is C25H29N7O3. The molecule has 10 heteroatoms. The van der Waals surface area contributed by atoms with Gasteiger partial charge in [0.25, 0.3) is 5.91 Å². The van der Waals surface area contributed by atoms with Gasteiger partial charge >= 0.3 is 0 Å². The van der Waals surface area contributed by atoms with Crippen LogP contribution in [-0.2, 0) is 11.2 Å². The molecule has 1 aromatic heterocycles. The minimum Gasteiger partial charge on any atom is -0.490 e. The number of anilines is 2. The van der Waals surface area contributed by atoms with Crippen LogP contribution in [0.25, 0.3) is 0 Å². The van der Waals surface area contributed by atoms with Crippen molar-refractivity contribution in [1.29, 1.82) is 5.41 Å². The number of imidazole rings is 1. The summed E-state index contributed by atoms with van der Waals surface area (Å²) in [7, 11) is 0. The number of carbonyl (C=O) groups is 1. The Hall–Kier alpha value is -3.92. The van der Waals surface area contributed by atoms with Gasteiger partial charge in [-0.1, -0.05) is 0 Å². The van der Waals surface area contributed by atoms with Crippen LogP contribution >= 0.6 is 0 Å². The molecule has 0 aliphatic carbocycles. The molecule has 0 unspecified atom stereocenters. The highest BCUT2D eigenvalue weighted by Gasteiger charge is 2.31. The lowest BCUT2D eigenvalue weighted by molar-refractivity contribution is -0.112. The van der Waals surface area contributed by atoms with Crippen LogP contribution in [0.15, 0.2) is 59.5 Å². The normalized spacial score (nSPS) is 23.2. The Bertz CT molecular complexity index is 1210. The van der Waals surface area contributed by atoms with E-state index in [1.165, 1.54) is 0 Å². The van der Waals surface area contributed by atoms with Crippen molar-refractivity contribution in [3.8, 4) is 5.75 Å². The minimum absolute atomic E-state index is 0.122. The molecule has 182 valence electrons. The summed E-state index contributed by atoms with van der Waals surface area (Å²) in [6.45, 7) is 3.56. The van der Waals surface area contributed by atoms with E-state index in [1.54, 1.807) is 31.6 Å². The van der Waals surface area contributed by atoms with Crippen molar-refractivity contribution < 1.29 is 14.6 Å². The Balaban J connectivity index is 1.44. The predicted octanol–water partition coefficient (Wildman–Crippen LogP) is 2.40. The van der Waals surface area contributed by atoms with Gasteiger partial charge in [-0.2, -0.15) is 0 Å². The number of fused-ring (bicyclic) bond motifs is 1. The Morgan fingerprint density at radius 1 is 1.37 bits per heavy atom. The molecule has 5 rings (SSSR count). The van der Waals surface area contributed by atoms with Gasteiger partial charge in [0.1, 0.15) is 18.2 Å². The van der Waals surface area contributed by atoms with Crippen LogP contribution in [0.2, 0.25) is 0 Å². The molecule has 0 saturated carbocycles. The van der Waals surface area contributed by atoms with Gasteiger partial charge in [0.05, 0.1) is 28.9 Å². The van der Waals surface area contributed by atoms with E-state index in [-0.39, 0.29) is 12.2 Å². The van der Waals surface area contributed by atoms with Crippen LogP contribution < -0.4 is 20.3 Å². The second-order valence-corrected chi connectivity index (χ2v) is 9.31. The fraction of sp³-hybridized carbons (Fsp3) is 0.360. The summed E-state index contributed by atoms with van der Waals surface area (Å²) < 4.78 is 8.04. The maximum absolute atomic E-state index is 13.2. The average Bonchev–Trinajstić information content (AvgIpc) is 3.40. The molecule has 10 nitrogen and oxygen atoms in total. The number of allylic oxidation sites excluding steroid dienone is 1. The molecule has 4 N–H and O–H groups in total. The Kier molecular flexibility index (Phi) is 6.12. The number of rotatable bonds is 5. The molecule has 0 radical (unpaired) electrons. The van der Waals surface area contributed by atoms with Crippen LogP contribution in [0.5, 0.6) is 5.75 Å². The molecule has 35 heavy (non-hydrogen) atoms. The first-order valence-corrected chi connectivity index (χ1v) is 11.7. The number of nitrogens with zero attached hydrogens (tertiary/aromatic N) is 4. The van der Waals surface area contributed by atoms with E-state index in [0.29, 0.717) is 24.0 Å². The Morgan fingerprint density at radius 2 is 2.20 bits per heavy atom. The molecule has 4 heterocycles. The largest absolute Gasteiger partial charge is 0.490 e. The zero-order valence-corrected chi connectivity index (χ0v) is 19.6. The van der Waals surface area contributed by atoms with Gasteiger partial charge in [-0.15, -0.1) is 0 Å². The van der Waals surface area contributed by atoms with Crippen molar-refractivity contribution in [2.75, 3.05) is 29.9 Å². The van der Waals surface area contributed by atoms with Crippen molar-refractivity contribution in [3.63, 3.8) is 0 Å². The third kappa shape index (κ3) is 4.83. The predicted molar refractivity (Wildman–Crippen MR) is 134 cm³/mol. The van der Waals surface area contributed by atoms with Gasteiger partial charge in [0.15, 0.2) is 0 Å². The zero-order valence-electron chi connectivity index (χ0n) is 19.6. The summed E-state index contributed by atoms with van der Waals surface area (Å²) in [5.74, 6) is 0.593. The van der Waals surface area contributed by atoms with Gasteiger partial charge in [-0.05, 0) is 37.5 Å². The number of aromatic nitrogens is 2. The number of piperidine rings is 1. The van der Waals surface area contributed by atoms with Crippen molar-refractivity contribution >= 4 is 29.7 Å². The van der Waals surface area contributed by atoms with E-state index in [2.05, 4.69) is 30.1 Å². The maximum Gasteiger partial charge on any atom is 0.261 e. The number of hydrogen-bond acceptors (Lipinski definition) is 8. The van der Waals surface area contributed by atoms with E-state index < -0.39 is 11.5 Å². The molecule has 1 atom stereocenters. The summed E-state index contributed by atoms with van der Waals surface area (Å²) in [5, 5.41) is 24.2. The van der Waals surface area contributed by atoms with Crippen LogP contribution in [-0.4, -0.2) is 58.3 Å². The summed E-state index contributed by atoms with van der Waals surface area (Å²) in [4.78, 5) is 23.8. The van der Waals surface area contributed by atoms with Gasteiger partial charge in [0, 0.05) is 62.6 Å². The first kappa shape index (κ1) is 22.9. The van der Waals surface area contributed by atoms with E-state index in [1.807, 2.05) is 24.7 Å². The van der Waals surface area contributed by atoms with Gasteiger partial charge in [0.2, 0.25) is 0 Å². The number of aliphatic imine (C=N–C) groups is 1. The van der Waals surface area contributed by atoms with Gasteiger partial charge in [-0.3, -0.25) is 4.79 Å². The van der Waals surface area contributed by atoms with E-state index in [9.17, 15) is 9.90 Å². The zero-order chi connectivity index (χ0) is 24.4. The van der Waals surface area contributed by atoms with E-state index in [0.717, 1.165) is 49.1 Å². The molecule has 1 fully saturated rings. The number of amides is 1. The van der Waals surface area contributed by atoms with Crippen LogP contribution in [0.4, 0.5) is 11.4 Å². The van der Waals surface area contributed by atoms with Crippen molar-refractivity contribution in [3.05, 3.63) is 60.1 Å². The third-order valence-corrected chi connectivity index (χ3v) is 6.54. The molecule has 3 aliphatic heterocycles. The molecule has 1 amide bonds. The molecule has 2 aromatic rings. The molecule has 1 saturated heterocycles. The lowest BCUT2D eigenvalue weighted by Crippen LogP contribution is -2.39. The smallest absolute Gasteiger partial charge is 0.261 e. The van der Waals surface area contributed by atoms with Crippen molar-refractivity contribution in [2.24, 2.45) is 4.99 Å².